The van der Waals surface area contributed by atoms with E-state index < -0.39 is 17.2 Å². The van der Waals surface area contributed by atoms with Gasteiger partial charge in [0, 0.05) is 6.07 Å². The largest absolute Gasteiger partial charge is 0.393 e. The minimum absolute atomic E-state index is 0.0636. The number of hydrogen-bond acceptors (Lipinski definition) is 2. The van der Waals surface area contributed by atoms with Gasteiger partial charge in [-0.1, -0.05) is 6.92 Å². The highest BCUT2D eigenvalue weighted by Crippen LogP contribution is 2.53. The first-order valence-electron chi connectivity index (χ1n) is 7.60. The number of benzene rings is 1. The van der Waals surface area contributed by atoms with E-state index in [2.05, 4.69) is 0 Å². The van der Waals surface area contributed by atoms with Crippen LogP contribution in [0.2, 0.25) is 0 Å². The summed E-state index contributed by atoms with van der Waals surface area (Å²) >= 11 is 0. The van der Waals surface area contributed by atoms with Crippen LogP contribution in [0, 0.1) is 29.4 Å². The van der Waals surface area contributed by atoms with E-state index in [0.717, 1.165) is 18.9 Å². The predicted molar refractivity (Wildman–Crippen MR) is 75.6 cm³/mol. The number of ether oxygens (including phenoxy) is 1. The average molecular weight is 296 g/mol. The minimum Gasteiger partial charge on any atom is -0.393 e. The molecule has 1 N–H and O–H groups in total. The van der Waals surface area contributed by atoms with Gasteiger partial charge in [-0.3, -0.25) is 0 Å². The van der Waals surface area contributed by atoms with E-state index in [0.29, 0.717) is 5.56 Å². The third kappa shape index (κ3) is 2.59. The quantitative estimate of drug-likeness (QED) is 0.853. The molecule has 2 aliphatic rings. The topological polar surface area (TPSA) is 29.5 Å². The summed E-state index contributed by atoms with van der Waals surface area (Å²) in [6.07, 6.45) is 0.910. The highest BCUT2D eigenvalue weighted by molar-refractivity contribution is 5.23. The maximum atomic E-state index is 13.5. The first-order chi connectivity index (χ1) is 9.78. The Balaban J connectivity index is 2.00. The fourth-order valence-corrected chi connectivity index (χ4v) is 3.96. The zero-order valence-electron chi connectivity index (χ0n) is 12.6. The average Bonchev–Trinajstić information content (AvgIpc) is 2.37. The van der Waals surface area contributed by atoms with Gasteiger partial charge in [-0.2, -0.15) is 0 Å². The van der Waals surface area contributed by atoms with E-state index in [-0.39, 0.29) is 30.0 Å². The van der Waals surface area contributed by atoms with Crippen LogP contribution in [0.5, 0.6) is 0 Å². The van der Waals surface area contributed by atoms with Crippen molar-refractivity contribution in [2.45, 2.75) is 51.4 Å². The fraction of sp³-hybridized carbons (Fsp3) is 0.647. The van der Waals surface area contributed by atoms with Gasteiger partial charge >= 0.3 is 0 Å². The molecule has 1 saturated heterocycles. The Labute approximate surface area is 124 Å². The number of aliphatic hydroxyl groups is 1. The molecular weight excluding hydrogens is 274 g/mol. The lowest BCUT2D eigenvalue weighted by Crippen LogP contribution is -2.52. The van der Waals surface area contributed by atoms with Gasteiger partial charge in [0.2, 0.25) is 0 Å². The van der Waals surface area contributed by atoms with Crippen LogP contribution in [0.1, 0.15) is 45.3 Å². The summed E-state index contributed by atoms with van der Waals surface area (Å²) in [6, 6.07) is 3.56. The Bertz CT molecular complexity index is 523. The molecule has 0 radical (unpaired) electrons. The number of fused-ring (bicyclic) bond motifs is 2. The summed E-state index contributed by atoms with van der Waals surface area (Å²) in [5, 5.41) is 10.3. The molecular formula is C17H22F2O2. The first-order valence-corrected chi connectivity index (χ1v) is 7.60. The van der Waals surface area contributed by atoms with Crippen LogP contribution in [0.25, 0.3) is 0 Å². The number of hydrogen-bond donors (Lipinski definition) is 1. The van der Waals surface area contributed by atoms with Crippen molar-refractivity contribution in [3.63, 3.8) is 0 Å². The third-order valence-corrected chi connectivity index (χ3v) is 5.38. The molecule has 1 heterocycles. The Morgan fingerprint density at radius 2 is 1.76 bits per heavy atom. The molecule has 3 rings (SSSR count). The van der Waals surface area contributed by atoms with Gasteiger partial charge in [0.15, 0.2) is 0 Å². The summed E-state index contributed by atoms with van der Waals surface area (Å²) < 4.78 is 33.3. The van der Waals surface area contributed by atoms with Gasteiger partial charge in [-0.15, -0.1) is 0 Å². The van der Waals surface area contributed by atoms with Crippen molar-refractivity contribution in [3.8, 4) is 0 Å². The molecule has 4 heteroatoms. The normalized spacial score (nSPS) is 38.3. The molecule has 1 aliphatic carbocycles. The van der Waals surface area contributed by atoms with Gasteiger partial charge in [-0.25, -0.2) is 8.78 Å². The molecule has 1 aliphatic heterocycles. The van der Waals surface area contributed by atoms with Crippen LogP contribution in [0.4, 0.5) is 8.78 Å². The number of rotatable bonds is 1. The molecule has 1 aromatic carbocycles. The van der Waals surface area contributed by atoms with Gasteiger partial charge in [0.25, 0.3) is 0 Å². The Morgan fingerprint density at radius 1 is 1.14 bits per heavy atom. The van der Waals surface area contributed by atoms with E-state index in [1.54, 1.807) is 0 Å². The maximum Gasteiger partial charge on any atom is 0.126 e. The van der Waals surface area contributed by atoms with Gasteiger partial charge < -0.3 is 9.84 Å². The lowest BCUT2D eigenvalue weighted by molar-refractivity contribution is -0.215. The lowest BCUT2D eigenvalue weighted by Gasteiger charge is -2.53. The summed E-state index contributed by atoms with van der Waals surface area (Å²) in [6.45, 7) is 5.99. The van der Waals surface area contributed by atoms with Crippen LogP contribution < -0.4 is 0 Å². The maximum absolute atomic E-state index is 13.5. The van der Waals surface area contributed by atoms with E-state index in [1.165, 1.54) is 12.1 Å². The molecule has 0 unspecified atom stereocenters. The third-order valence-electron chi connectivity index (χ3n) is 5.38. The Morgan fingerprint density at radius 3 is 2.38 bits per heavy atom. The molecule has 2 fully saturated rings. The highest BCUT2D eigenvalue weighted by Gasteiger charge is 2.50. The smallest absolute Gasteiger partial charge is 0.126 e. The molecule has 0 spiro atoms. The van der Waals surface area contributed by atoms with Crippen LogP contribution in [-0.4, -0.2) is 16.8 Å². The molecule has 116 valence electrons. The second-order valence-electron chi connectivity index (χ2n) is 7.10. The van der Waals surface area contributed by atoms with Gasteiger partial charge in [0.05, 0.1) is 17.8 Å². The van der Waals surface area contributed by atoms with Crippen molar-refractivity contribution < 1.29 is 18.6 Å². The lowest BCUT2D eigenvalue weighted by atomic mass is 9.63. The SMILES string of the molecule is C[C@H]1[C@H]2C[C@@H](C[C@@H]1O)C(C)(C)O[C@H]2c1cc(F)cc(F)c1. The van der Waals surface area contributed by atoms with Gasteiger partial charge in [-0.05, 0) is 62.1 Å². The van der Waals surface area contributed by atoms with E-state index >= 15 is 0 Å². The summed E-state index contributed by atoms with van der Waals surface area (Å²) in [7, 11) is 0. The van der Waals surface area contributed by atoms with Crippen molar-refractivity contribution in [1.29, 1.82) is 0 Å². The van der Waals surface area contributed by atoms with E-state index in [1.807, 2.05) is 20.8 Å². The molecule has 21 heavy (non-hydrogen) atoms. The minimum atomic E-state index is -0.586. The second-order valence-corrected chi connectivity index (χ2v) is 7.10. The van der Waals surface area contributed by atoms with Crippen LogP contribution in [0.15, 0.2) is 18.2 Å². The van der Waals surface area contributed by atoms with Gasteiger partial charge in [0.1, 0.15) is 11.6 Å². The first kappa shape index (κ1) is 14.9. The zero-order valence-corrected chi connectivity index (χ0v) is 12.6. The molecule has 0 aromatic heterocycles. The van der Waals surface area contributed by atoms with E-state index in [4.69, 9.17) is 4.74 Å². The Hall–Kier alpha value is -1.00. The fourth-order valence-electron chi connectivity index (χ4n) is 3.96. The monoisotopic (exact) mass is 296 g/mol. The van der Waals surface area contributed by atoms with E-state index in [9.17, 15) is 13.9 Å². The number of halogens is 2. The van der Waals surface area contributed by atoms with Crippen molar-refractivity contribution in [1.82, 2.24) is 0 Å². The number of aliphatic hydroxyl groups excluding tert-OH is 1. The molecule has 2 nitrogen and oxygen atoms in total. The van der Waals surface area contributed by atoms with Crippen molar-refractivity contribution in [3.05, 3.63) is 35.4 Å². The summed E-state index contributed by atoms with van der Waals surface area (Å²) in [5.41, 5.74) is 0.135. The molecule has 0 amide bonds. The summed E-state index contributed by atoms with van der Waals surface area (Å²) in [4.78, 5) is 0. The van der Waals surface area contributed by atoms with Crippen LogP contribution in [-0.2, 0) is 4.74 Å². The Kier molecular flexibility index (Phi) is 3.57. The molecule has 1 saturated carbocycles. The molecule has 5 atom stereocenters. The highest BCUT2D eigenvalue weighted by atomic mass is 19.1. The summed E-state index contributed by atoms with van der Waals surface area (Å²) in [5.74, 6) is -0.736. The van der Waals surface area contributed by atoms with Crippen molar-refractivity contribution in [2.75, 3.05) is 0 Å². The standard InChI is InChI=1S/C17H22F2O2/c1-9-14-6-11(7-15(9)20)17(2,3)21-16(14)10-4-12(18)8-13(19)5-10/h4-5,8-9,11,14-16,20H,6-7H2,1-3H3/t9-,11-,14+,15-,16-/m0/s1. The molecule has 1 aromatic rings. The van der Waals surface area contributed by atoms with Crippen molar-refractivity contribution >= 4 is 0 Å². The zero-order chi connectivity index (χ0) is 15.4. The second kappa shape index (κ2) is 5.03. The van der Waals surface area contributed by atoms with Crippen molar-refractivity contribution in [2.24, 2.45) is 17.8 Å². The van der Waals surface area contributed by atoms with Crippen LogP contribution in [0.3, 0.4) is 0 Å². The molecule has 2 bridgehead atoms. The predicted octanol–water partition coefficient (Wildman–Crippen LogP) is 3.84. The van der Waals surface area contributed by atoms with Crippen LogP contribution >= 0.6 is 0 Å².